The Morgan fingerprint density at radius 2 is 2.21 bits per heavy atom. The first-order valence-corrected chi connectivity index (χ1v) is 7.50. The molecule has 2 fully saturated rings. The normalized spacial score (nSPS) is 32.5. The number of amides is 1. The molecule has 19 heavy (non-hydrogen) atoms. The number of carbonyl (C=O) groups excluding carboxylic acids is 1. The molecule has 1 amide bonds. The fourth-order valence-corrected chi connectivity index (χ4v) is 4.03. The predicted octanol–water partition coefficient (Wildman–Crippen LogP) is 1.98. The van der Waals surface area contributed by atoms with Crippen LogP contribution in [0.15, 0.2) is 22.9 Å². The Hall–Kier alpha value is -0.940. The predicted molar refractivity (Wildman–Crippen MR) is 74.6 cm³/mol. The van der Waals surface area contributed by atoms with Crippen molar-refractivity contribution in [3.8, 4) is 0 Å². The third-order valence-corrected chi connectivity index (χ3v) is 5.00. The zero-order valence-electron chi connectivity index (χ0n) is 10.6. The van der Waals surface area contributed by atoms with Gasteiger partial charge in [0.05, 0.1) is 5.56 Å². The van der Waals surface area contributed by atoms with Crippen LogP contribution in [0.4, 0.5) is 0 Å². The van der Waals surface area contributed by atoms with Crippen molar-refractivity contribution < 1.29 is 9.90 Å². The molecule has 102 valence electrons. The van der Waals surface area contributed by atoms with E-state index >= 15 is 0 Å². The topological polar surface area (TPSA) is 62.2 Å². The summed E-state index contributed by atoms with van der Waals surface area (Å²) in [6.07, 6.45) is 6.74. The zero-order chi connectivity index (χ0) is 13.4. The van der Waals surface area contributed by atoms with E-state index in [0.717, 1.165) is 10.9 Å². The van der Waals surface area contributed by atoms with Crippen LogP contribution in [0.3, 0.4) is 0 Å². The van der Waals surface area contributed by atoms with E-state index < -0.39 is 0 Å². The maximum Gasteiger partial charge on any atom is 0.253 e. The highest BCUT2D eigenvalue weighted by atomic mass is 79.9. The third-order valence-electron chi connectivity index (χ3n) is 4.56. The zero-order valence-corrected chi connectivity index (χ0v) is 12.1. The van der Waals surface area contributed by atoms with Gasteiger partial charge in [0.25, 0.3) is 5.91 Å². The van der Waals surface area contributed by atoms with E-state index in [1.54, 1.807) is 18.5 Å². The summed E-state index contributed by atoms with van der Waals surface area (Å²) in [5, 5.41) is 12.6. The quantitative estimate of drug-likeness (QED) is 0.893. The first kappa shape index (κ1) is 13.1. The van der Waals surface area contributed by atoms with Crippen molar-refractivity contribution in [1.82, 2.24) is 10.3 Å². The summed E-state index contributed by atoms with van der Waals surface area (Å²) < 4.78 is 0.798. The van der Waals surface area contributed by atoms with E-state index in [4.69, 9.17) is 0 Å². The Morgan fingerprint density at radius 1 is 1.42 bits per heavy atom. The first-order valence-electron chi connectivity index (χ1n) is 6.71. The molecule has 0 radical (unpaired) electrons. The number of hydrogen-bond donors (Lipinski definition) is 2. The van der Waals surface area contributed by atoms with Gasteiger partial charge < -0.3 is 10.4 Å². The van der Waals surface area contributed by atoms with Crippen molar-refractivity contribution in [3.63, 3.8) is 0 Å². The van der Waals surface area contributed by atoms with Crippen molar-refractivity contribution in [1.29, 1.82) is 0 Å². The van der Waals surface area contributed by atoms with Crippen molar-refractivity contribution in [2.45, 2.75) is 25.3 Å². The number of pyridine rings is 1. The summed E-state index contributed by atoms with van der Waals surface area (Å²) in [5.74, 6) is 1.25. The number of nitrogens with one attached hydrogen (secondary N) is 1. The van der Waals surface area contributed by atoms with Crippen LogP contribution in [0.1, 0.15) is 29.6 Å². The largest absolute Gasteiger partial charge is 0.396 e. The number of halogens is 1. The molecule has 4 atom stereocenters. The molecule has 1 aromatic rings. The van der Waals surface area contributed by atoms with Gasteiger partial charge >= 0.3 is 0 Å². The van der Waals surface area contributed by atoms with Crippen molar-refractivity contribution >= 4 is 21.8 Å². The molecular formula is C14H17BrN2O2. The minimum Gasteiger partial charge on any atom is -0.396 e. The lowest BCUT2D eigenvalue weighted by Gasteiger charge is -2.30. The highest BCUT2D eigenvalue weighted by Gasteiger charge is 2.47. The van der Waals surface area contributed by atoms with Gasteiger partial charge in [0.1, 0.15) is 0 Å². The summed E-state index contributed by atoms with van der Waals surface area (Å²) >= 11 is 3.32. The van der Waals surface area contributed by atoms with Crippen molar-refractivity contribution in [3.05, 3.63) is 28.5 Å². The van der Waals surface area contributed by atoms with Crippen molar-refractivity contribution in [2.24, 2.45) is 17.8 Å². The molecule has 2 N–H and O–H groups in total. The Balaban J connectivity index is 1.73. The van der Waals surface area contributed by atoms with E-state index in [2.05, 4.69) is 26.2 Å². The maximum absolute atomic E-state index is 12.2. The van der Waals surface area contributed by atoms with Crippen LogP contribution in [-0.2, 0) is 0 Å². The molecule has 5 heteroatoms. The molecule has 4 unspecified atom stereocenters. The van der Waals surface area contributed by atoms with Gasteiger partial charge in [0.15, 0.2) is 0 Å². The lowest BCUT2D eigenvalue weighted by Crippen LogP contribution is -2.45. The summed E-state index contributed by atoms with van der Waals surface area (Å²) in [5.41, 5.74) is 0.564. The van der Waals surface area contributed by atoms with Gasteiger partial charge in [0, 0.05) is 35.4 Å². The Labute approximate surface area is 120 Å². The van der Waals surface area contributed by atoms with Crippen LogP contribution in [0.25, 0.3) is 0 Å². The maximum atomic E-state index is 12.2. The van der Waals surface area contributed by atoms with Crippen molar-refractivity contribution in [2.75, 3.05) is 6.61 Å². The highest BCUT2D eigenvalue weighted by Crippen LogP contribution is 2.48. The molecule has 2 bridgehead atoms. The number of rotatable bonds is 3. The van der Waals surface area contributed by atoms with Gasteiger partial charge in [-0.05, 0) is 53.1 Å². The molecule has 0 aromatic carbocycles. The second-order valence-corrected chi connectivity index (χ2v) is 6.49. The van der Waals surface area contributed by atoms with Gasteiger partial charge in [-0.15, -0.1) is 0 Å². The van der Waals surface area contributed by atoms with Crippen LogP contribution in [-0.4, -0.2) is 28.6 Å². The Bertz CT molecular complexity index is 494. The van der Waals surface area contributed by atoms with E-state index in [1.807, 2.05) is 0 Å². The third kappa shape index (κ3) is 2.41. The molecule has 0 saturated heterocycles. The number of hydrogen-bond acceptors (Lipinski definition) is 3. The van der Waals surface area contributed by atoms with Gasteiger partial charge in [-0.25, -0.2) is 0 Å². The number of aliphatic hydroxyl groups excluding tert-OH is 1. The molecule has 0 aliphatic heterocycles. The number of aliphatic hydroxyl groups is 1. The summed E-state index contributed by atoms with van der Waals surface area (Å²) in [6, 6.07) is 1.89. The summed E-state index contributed by atoms with van der Waals surface area (Å²) in [6.45, 7) is 0.169. The van der Waals surface area contributed by atoms with Crippen LogP contribution in [0.5, 0.6) is 0 Å². The fraction of sp³-hybridized carbons (Fsp3) is 0.571. The average molecular weight is 325 g/mol. The lowest BCUT2D eigenvalue weighted by molar-refractivity contribution is 0.0861. The summed E-state index contributed by atoms with van der Waals surface area (Å²) in [7, 11) is 0. The lowest BCUT2D eigenvalue weighted by atomic mass is 9.85. The number of nitrogens with zero attached hydrogens (tertiary/aromatic N) is 1. The number of carbonyl (C=O) groups is 1. The molecule has 1 aromatic heterocycles. The van der Waals surface area contributed by atoms with Gasteiger partial charge in [-0.1, -0.05) is 0 Å². The van der Waals surface area contributed by atoms with Gasteiger partial charge in [0.2, 0.25) is 0 Å². The standard InChI is InChI=1S/C14H17BrN2O2/c15-11-4-10(5-16-6-11)14(19)17-13-9-2-1-8(3-9)12(13)7-18/h4-6,8-9,12-13,18H,1-3,7H2,(H,17,19). The SMILES string of the molecule is O=C(NC1C2CCC(C2)C1CO)c1cncc(Br)c1. The minimum atomic E-state index is -0.0928. The monoisotopic (exact) mass is 324 g/mol. The Morgan fingerprint density at radius 3 is 2.95 bits per heavy atom. The smallest absolute Gasteiger partial charge is 0.253 e. The van der Waals surface area contributed by atoms with E-state index in [9.17, 15) is 9.90 Å². The summed E-state index contributed by atoms with van der Waals surface area (Å²) in [4.78, 5) is 16.2. The second-order valence-electron chi connectivity index (χ2n) is 5.57. The Kier molecular flexibility index (Phi) is 3.58. The molecule has 1 heterocycles. The second kappa shape index (κ2) is 5.21. The van der Waals surface area contributed by atoms with Crippen LogP contribution < -0.4 is 5.32 Å². The van der Waals surface area contributed by atoms with E-state index in [-0.39, 0.29) is 24.5 Å². The fourth-order valence-electron chi connectivity index (χ4n) is 3.67. The molecule has 2 aliphatic rings. The van der Waals surface area contributed by atoms with Gasteiger partial charge in [-0.2, -0.15) is 0 Å². The molecular weight excluding hydrogens is 308 g/mol. The highest BCUT2D eigenvalue weighted by molar-refractivity contribution is 9.10. The average Bonchev–Trinajstić information content (AvgIpc) is 2.99. The number of fused-ring (bicyclic) bond motifs is 2. The van der Waals surface area contributed by atoms with Crippen LogP contribution in [0.2, 0.25) is 0 Å². The molecule has 2 aliphatic carbocycles. The first-order chi connectivity index (χ1) is 9.19. The van der Waals surface area contributed by atoms with Crippen LogP contribution >= 0.6 is 15.9 Å². The van der Waals surface area contributed by atoms with E-state index in [1.165, 1.54) is 12.8 Å². The van der Waals surface area contributed by atoms with Gasteiger partial charge in [-0.3, -0.25) is 9.78 Å². The van der Waals surface area contributed by atoms with Crippen LogP contribution in [0, 0.1) is 17.8 Å². The molecule has 4 nitrogen and oxygen atoms in total. The molecule has 0 spiro atoms. The molecule has 2 saturated carbocycles. The minimum absolute atomic E-state index is 0.0928. The molecule has 3 rings (SSSR count). The number of aromatic nitrogens is 1. The van der Waals surface area contributed by atoms with E-state index in [0.29, 0.717) is 17.4 Å².